The van der Waals surface area contributed by atoms with Crippen molar-refractivity contribution in [2.75, 3.05) is 34.4 Å². The maximum Gasteiger partial charge on any atom is 0.405 e. The second-order valence-electron chi connectivity index (χ2n) is 8.05. The number of anilines is 5. The number of hydrogen-bond donors (Lipinski definition) is 2. The van der Waals surface area contributed by atoms with Crippen LogP contribution in [0.1, 0.15) is 9.68 Å². The van der Waals surface area contributed by atoms with Gasteiger partial charge in [0.15, 0.2) is 5.82 Å². The summed E-state index contributed by atoms with van der Waals surface area (Å²) in [5.74, 6) is -0.511. The van der Waals surface area contributed by atoms with E-state index in [0.29, 0.717) is 11.3 Å². The van der Waals surface area contributed by atoms with Gasteiger partial charge in [-0.05, 0) is 42.5 Å². The number of amides is 2. The molecule has 36 heavy (non-hydrogen) atoms. The third-order valence-corrected chi connectivity index (χ3v) is 5.54. The molecule has 0 bridgehead atoms. The van der Waals surface area contributed by atoms with Gasteiger partial charge in [-0.1, -0.05) is 0 Å². The van der Waals surface area contributed by atoms with Crippen molar-refractivity contribution in [1.29, 1.82) is 0 Å². The van der Waals surface area contributed by atoms with Crippen LogP contribution in [0, 0.1) is 0 Å². The number of rotatable bonds is 5. The molecule has 0 spiro atoms. The van der Waals surface area contributed by atoms with E-state index >= 15 is 0 Å². The van der Waals surface area contributed by atoms with Crippen LogP contribution in [0.5, 0.6) is 5.75 Å². The molecule has 1 aliphatic rings. The van der Waals surface area contributed by atoms with E-state index in [9.17, 15) is 18.0 Å². The molecule has 0 atom stereocenters. The molecule has 3 N–H and O–H groups in total. The largest absolute Gasteiger partial charge is 0.497 e. The molecule has 0 saturated carbocycles. The second kappa shape index (κ2) is 8.59. The van der Waals surface area contributed by atoms with E-state index in [-0.39, 0.29) is 29.6 Å². The van der Waals surface area contributed by atoms with Crippen LogP contribution >= 0.6 is 0 Å². The van der Waals surface area contributed by atoms with Gasteiger partial charge >= 0.3 is 12.2 Å². The Labute approximate surface area is 207 Å². The highest BCUT2D eigenvalue weighted by molar-refractivity contribution is 6.11. The molecule has 0 aliphatic carbocycles. The predicted octanol–water partition coefficient (Wildman–Crippen LogP) is 4.21. The number of hydrogen-bond acceptors (Lipinski definition) is 7. The number of nitrogens with zero attached hydrogens (tertiary/aromatic N) is 6. The molecule has 0 fully saturated rings. The first kappa shape index (κ1) is 19.7. The average molecular weight is 501 g/mol. The molecule has 3 heterocycles. The Morgan fingerprint density at radius 1 is 1.17 bits per heavy atom. The highest BCUT2D eigenvalue weighted by atomic mass is 19.4. The van der Waals surface area contributed by atoms with Crippen molar-refractivity contribution in [1.82, 2.24) is 19.7 Å². The highest BCUT2D eigenvalue weighted by Crippen LogP contribution is 2.39. The number of ether oxygens (including phenoxy) is 1. The first-order valence-electron chi connectivity index (χ1n) is 12.1. The third kappa shape index (κ3) is 4.30. The Morgan fingerprint density at radius 3 is 2.64 bits per heavy atom. The molecule has 2 aromatic carbocycles. The van der Waals surface area contributed by atoms with Crippen molar-refractivity contribution in [2.45, 2.75) is 12.7 Å². The number of nitrogen functional groups attached to an aromatic ring is 1. The Morgan fingerprint density at radius 2 is 1.92 bits per heavy atom. The molecule has 2 aromatic heterocycles. The fourth-order valence-corrected chi connectivity index (χ4v) is 3.92. The number of methoxy groups -OCH3 is 1. The zero-order valence-electron chi connectivity index (χ0n) is 21.7. The van der Waals surface area contributed by atoms with Gasteiger partial charge in [0.1, 0.15) is 18.1 Å². The molecule has 0 unspecified atom stereocenters. The fraction of sp³-hybridized carbons (Fsp3) is 0.217. The van der Waals surface area contributed by atoms with E-state index in [1.54, 1.807) is 36.1 Å². The van der Waals surface area contributed by atoms with Crippen LogP contribution in [-0.4, -0.2) is 45.5 Å². The summed E-state index contributed by atoms with van der Waals surface area (Å²) in [4.78, 5) is 24.6. The first-order chi connectivity index (χ1) is 18.3. The number of aryl methyl sites for hydroxylation is 1. The molecular weight excluding hydrogens is 477 g/mol. The summed E-state index contributed by atoms with van der Waals surface area (Å²) in [5, 5.41) is 7.20. The molecular formula is C23H21F3N8O2. The third-order valence-electron chi connectivity index (χ3n) is 5.54. The van der Waals surface area contributed by atoms with Gasteiger partial charge in [-0.15, -0.1) is 0 Å². The smallest absolute Gasteiger partial charge is 0.405 e. The quantitative estimate of drug-likeness (QED) is 0.421. The van der Waals surface area contributed by atoms with Crippen LogP contribution in [0.15, 0.2) is 48.7 Å². The summed E-state index contributed by atoms with van der Waals surface area (Å²) in [6, 6.07) is 10.2. The monoisotopic (exact) mass is 501 g/mol. The number of fused-ring (bicyclic) bond motifs is 2. The lowest BCUT2D eigenvalue weighted by atomic mass is 10.1. The van der Waals surface area contributed by atoms with Gasteiger partial charge in [0.25, 0.3) is 0 Å². The molecule has 4 aromatic rings. The summed E-state index contributed by atoms with van der Waals surface area (Å²) >= 11 is 0. The van der Waals surface area contributed by atoms with Crippen molar-refractivity contribution in [3.05, 3.63) is 54.2 Å². The lowest BCUT2D eigenvalue weighted by Crippen LogP contribution is -2.46. The van der Waals surface area contributed by atoms with E-state index in [1.807, 2.05) is 0 Å². The summed E-state index contributed by atoms with van der Waals surface area (Å²) < 4.78 is 66.8. The minimum absolute atomic E-state index is 0.0135. The second-order valence-corrected chi connectivity index (χ2v) is 8.05. The Hall–Kier alpha value is -4.55. The van der Waals surface area contributed by atoms with Gasteiger partial charge in [-0.25, -0.2) is 9.69 Å². The average Bonchev–Trinajstić information content (AvgIpc) is 3.21. The lowest BCUT2D eigenvalue weighted by molar-refractivity contribution is -0.115. The number of halogens is 3. The summed E-state index contributed by atoms with van der Waals surface area (Å²) in [5.41, 5.74) is 7.94. The normalized spacial score (nSPS) is 15.3. The standard InChI is InChI=1S/C23H21F3N8O2/c1-32-10-13-9-15(5-8-18(13)31-32)33-11-17-19(27)29-21(28-12-23(24,25)26)30-20(17)34(22(33)35)14-3-6-16(36-2)7-4-14/h3-10H,11-12H2,1-2H3,(H3,27,28,29,30)/i2D3. The molecule has 5 rings (SSSR count). The van der Waals surface area contributed by atoms with Gasteiger partial charge in [0, 0.05) is 24.3 Å². The van der Waals surface area contributed by atoms with Crippen LogP contribution in [0.3, 0.4) is 0 Å². The van der Waals surface area contributed by atoms with Crippen molar-refractivity contribution >= 4 is 45.9 Å². The number of alkyl halides is 3. The van der Waals surface area contributed by atoms with Gasteiger partial charge in [-0.3, -0.25) is 9.58 Å². The van der Waals surface area contributed by atoms with Crippen LogP contribution in [0.25, 0.3) is 10.9 Å². The predicted molar refractivity (Wildman–Crippen MR) is 128 cm³/mol. The van der Waals surface area contributed by atoms with E-state index in [0.717, 1.165) is 10.9 Å². The van der Waals surface area contributed by atoms with Crippen molar-refractivity contribution in [3.8, 4) is 5.75 Å². The first-order valence-corrected chi connectivity index (χ1v) is 10.6. The Bertz CT molecular complexity index is 1560. The minimum atomic E-state index is -4.54. The van der Waals surface area contributed by atoms with Crippen LogP contribution in [-0.2, 0) is 13.6 Å². The lowest BCUT2D eigenvalue weighted by Gasteiger charge is -2.36. The Balaban J connectivity index is 1.59. The topological polar surface area (TPSA) is 114 Å². The van der Waals surface area contributed by atoms with E-state index < -0.39 is 31.7 Å². The minimum Gasteiger partial charge on any atom is -0.497 e. The molecule has 13 heteroatoms. The van der Waals surface area contributed by atoms with Gasteiger partial charge in [-0.2, -0.15) is 28.2 Å². The van der Waals surface area contributed by atoms with E-state index in [1.165, 1.54) is 34.1 Å². The van der Waals surface area contributed by atoms with Crippen molar-refractivity contribution < 1.29 is 26.8 Å². The number of nitrogens with one attached hydrogen (secondary N) is 1. The van der Waals surface area contributed by atoms with Crippen LogP contribution in [0.2, 0.25) is 0 Å². The Kier molecular flexibility index (Phi) is 4.71. The van der Waals surface area contributed by atoms with Crippen LogP contribution < -0.4 is 25.6 Å². The molecule has 0 saturated heterocycles. The van der Waals surface area contributed by atoms with Crippen molar-refractivity contribution in [2.24, 2.45) is 7.05 Å². The summed E-state index contributed by atoms with van der Waals surface area (Å²) in [7, 11) is -0.913. The number of carbonyl (C=O) groups is 1. The number of carbonyl (C=O) groups excluding carboxylic acids is 1. The summed E-state index contributed by atoms with van der Waals surface area (Å²) in [6.45, 7) is -1.46. The highest BCUT2D eigenvalue weighted by Gasteiger charge is 2.36. The van der Waals surface area contributed by atoms with E-state index in [2.05, 4.69) is 20.4 Å². The van der Waals surface area contributed by atoms with Crippen LogP contribution in [0.4, 0.5) is 46.9 Å². The maximum atomic E-state index is 13.9. The number of benzene rings is 2. The maximum absolute atomic E-state index is 13.9. The molecule has 0 radical (unpaired) electrons. The van der Waals surface area contributed by atoms with Gasteiger partial charge in [0.2, 0.25) is 5.95 Å². The SMILES string of the molecule is [2H]C([2H])([2H])Oc1ccc(N2C(=O)N(c3ccc4nn(C)cc4c3)Cc3c(N)nc(NCC(F)(F)F)nc32)cc1. The summed E-state index contributed by atoms with van der Waals surface area (Å²) in [6.07, 6.45) is -2.75. The van der Waals surface area contributed by atoms with Gasteiger partial charge in [0.05, 0.1) is 34.5 Å². The molecule has 2 amide bonds. The number of aromatic nitrogens is 4. The molecule has 10 nitrogen and oxygen atoms in total. The zero-order chi connectivity index (χ0) is 28.1. The number of nitrogens with two attached hydrogens (primary N) is 1. The van der Waals surface area contributed by atoms with E-state index in [4.69, 9.17) is 14.6 Å². The fourth-order valence-electron chi connectivity index (χ4n) is 3.92. The zero-order valence-corrected chi connectivity index (χ0v) is 18.7. The molecule has 186 valence electrons. The van der Waals surface area contributed by atoms with Gasteiger partial charge < -0.3 is 15.8 Å². The van der Waals surface area contributed by atoms with Crippen molar-refractivity contribution in [3.63, 3.8) is 0 Å². The molecule has 1 aliphatic heterocycles. The number of urea groups is 1.